The Morgan fingerprint density at radius 1 is 1.56 bits per heavy atom. The largest absolute Gasteiger partial charge is 0.344 e. The zero-order valence-corrected chi connectivity index (χ0v) is 9.74. The van der Waals surface area contributed by atoms with Gasteiger partial charge in [0.2, 0.25) is 11.8 Å². The van der Waals surface area contributed by atoms with Gasteiger partial charge in [-0.05, 0) is 6.42 Å². The van der Waals surface area contributed by atoms with Crippen LogP contribution < -0.4 is 5.32 Å². The number of carbonyl (C=O) groups is 2. The van der Waals surface area contributed by atoms with E-state index in [2.05, 4.69) is 11.9 Å². The molecule has 1 heterocycles. The Labute approximate surface area is 96.1 Å². The first-order chi connectivity index (χ1) is 7.65. The molecule has 0 atom stereocenters. The second-order valence-electron chi connectivity index (χ2n) is 3.90. The lowest BCUT2D eigenvalue weighted by atomic mass is 10.3. The molecule has 5 heteroatoms. The summed E-state index contributed by atoms with van der Waals surface area (Å²) >= 11 is 0. The lowest BCUT2D eigenvalue weighted by molar-refractivity contribution is -0.137. The van der Waals surface area contributed by atoms with Crippen LogP contribution in [0.4, 0.5) is 0 Å². The van der Waals surface area contributed by atoms with Crippen molar-refractivity contribution in [2.75, 3.05) is 39.8 Å². The number of amides is 2. The van der Waals surface area contributed by atoms with Crippen LogP contribution in [0.5, 0.6) is 0 Å². The monoisotopic (exact) mass is 225 g/mol. The lowest BCUT2D eigenvalue weighted by Crippen LogP contribution is -2.42. The molecule has 0 aromatic heterocycles. The van der Waals surface area contributed by atoms with Gasteiger partial charge in [-0.2, -0.15) is 0 Å². The molecule has 0 aliphatic carbocycles. The fourth-order valence-electron chi connectivity index (χ4n) is 1.59. The van der Waals surface area contributed by atoms with Gasteiger partial charge < -0.3 is 15.1 Å². The van der Waals surface area contributed by atoms with Gasteiger partial charge in [-0.15, -0.1) is 6.58 Å². The molecule has 0 unspecified atom stereocenters. The Hall–Kier alpha value is -1.36. The van der Waals surface area contributed by atoms with Gasteiger partial charge in [-0.1, -0.05) is 6.08 Å². The summed E-state index contributed by atoms with van der Waals surface area (Å²) < 4.78 is 0. The Morgan fingerprint density at radius 2 is 2.31 bits per heavy atom. The van der Waals surface area contributed by atoms with Crippen molar-refractivity contribution in [2.24, 2.45) is 0 Å². The molecule has 0 spiro atoms. The molecule has 0 radical (unpaired) electrons. The molecule has 2 amide bonds. The number of likely N-dealkylation sites (N-methyl/N-ethyl adjacent to an activating group) is 1. The van der Waals surface area contributed by atoms with Crippen LogP contribution in [0.3, 0.4) is 0 Å². The van der Waals surface area contributed by atoms with E-state index >= 15 is 0 Å². The standard InChI is InChI=1S/C11H19N3O2/c1-3-5-12-8-10(15)14-7-4-6-13(2)11(16)9-14/h3,12H,1,4-9H2,2H3. The maximum Gasteiger partial charge on any atom is 0.241 e. The van der Waals surface area contributed by atoms with Crippen LogP contribution in [-0.4, -0.2) is 61.4 Å². The van der Waals surface area contributed by atoms with E-state index in [-0.39, 0.29) is 24.9 Å². The number of hydrogen-bond donors (Lipinski definition) is 1. The SMILES string of the molecule is C=CCNCC(=O)N1CCCN(C)C(=O)C1. The molecule has 16 heavy (non-hydrogen) atoms. The molecule has 1 aliphatic rings. The number of hydrogen-bond acceptors (Lipinski definition) is 3. The summed E-state index contributed by atoms with van der Waals surface area (Å²) in [4.78, 5) is 26.6. The highest BCUT2D eigenvalue weighted by molar-refractivity contribution is 5.86. The van der Waals surface area contributed by atoms with Gasteiger partial charge in [-0.25, -0.2) is 0 Å². The average molecular weight is 225 g/mol. The van der Waals surface area contributed by atoms with Crippen LogP contribution >= 0.6 is 0 Å². The highest BCUT2D eigenvalue weighted by Gasteiger charge is 2.21. The summed E-state index contributed by atoms with van der Waals surface area (Å²) in [6, 6.07) is 0. The first-order valence-electron chi connectivity index (χ1n) is 5.48. The van der Waals surface area contributed by atoms with Crippen molar-refractivity contribution in [2.45, 2.75) is 6.42 Å². The fourth-order valence-corrected chi connectivity index (χ4v) is 1.59. The molecule has 1 fully saturated rings. The third-order valence-electron chi connectivity index (χ3n) is 2.59. The van der Waals surface area contributed by atoms with Crippen LogP contribution in [0.1, 0.15) is 6.42 Å². The molecule has 1 saturated heterocycles. The number of rotatable bonds is 4. The summed E-state index contributed by atoms with van der Waals surface area (Å²) in [6.07, 6.45) is 2.55. The first-order valence-corrected chi connectivity index (χ1v) is 5.48. The highest BCUT2D eigenvalue weighted by Crippen LogP contribution is 2.02. The van der Waals surface area contributed by atoms with Crippen LogP contribution in [-0.2, 0) is 9.59 Å². The summed E-state index contributed by atoms with van der Waals surface area (Å²) in [5, 5.41) is 2.94. The zero-order valence-electron chi connectivity index (χ0n) is 9.74. The summed E-state index contributed by atoms with van der Waals surface area (Å²) in [6.45, 7) is 6.01. The lowest BCUT2D eigenvalue weighted by Gasteiger charge is -2.19. The third kappa shape index (κ3) is 3.66. The molecular weight excluding hydrogens is 206 g/mol. The molecule has 1 N–H and O–H groups in total. The minimum atomic E-state index is -0.0227. The molecule has 90 valence electrons. The molecule has 0 aromatic carbocycles. The van der Waals surface area contributed by atoms with Crippen LogP contribution in [0, 0.1) is 0 Å². The van der Waals surface area contributed by atoms with E-state index in [1.165, 1.54) is 0 Å². The van der Waals surface area contributed by atoms with E-state index in [9.17, 15) is 9.59 Å². The van der Waals surface area contributed by atoms with E-state index in [1.807, 2.05) is 0 Å². The number of nitrogens with zero attached hydrogens (tertiary/aromatic N) is 2. The van der Waals surface area contributed by atoms with Crippen molar-refractivity contribution in [3.8, 4) is 0 Å². The predicted octanol–water partition coefficient (Wildman–Crippen LogP) is -0.547. The quantitative estimate of drug-likeness (QED) is 0.516. The van der Waals surface area contributed by atoms with Gasteiger partial charge in [-0.3, -0.25) is 9.59 Å². The number of carbonyl (C=O) groups excluding carboxylic acids is 2. The summed E-state index contributed by atoms with van der Waals surface area (Å²) in [5.74, 6) is -0.0138. The molecular formula is C11H19N3O2. The minimum Gasteiger partial charge on any atom is -0.344 e. The van der Waals surface area contributed by atoms with Gasteiger partial charge in [0.15, 0.2) is 0 Å². The zero-order chi connectivity index (χ0) is 12.0. The van der Waals surface area contributed by atoms with Crippen LogP contribution in [0.2, 0.25) is 0 Å². The predicted molar refractivity (Wildman–Crippen MR) is 61.9 cm³/mol. The van der Waals surface area contributed by atoms with E-state index in [1.54, 1.807) is 22.9 Å². The first kappa shape index (κ1) is 12.7. The highest BCUT2D eigenvalue weighted by atomic mass is 16.2. The Bertz CT molecular complexity index is 278. The van der Waals surface area contributed by atoms with Gasteiger partial charge >= 0.3 is 0 Å². The van der Waals surface area contributed by atoms with E-state index < -0.39 is 0 Å². The number of nitrogens with one attached hydrogen (secondary N) is 1. The van der Waals surface area contributed by atoms with Crippen molar-refractivity contribution in [3.05, 3.63) is 12.7 Å². The Morgan fingerprint density at radius 3 is 3.00 bits per heavy atom. The summed E-state index contributed by atoms with van der Waals surface area (Å²) in [5.41, 5.74) is 0. The summed E-state index contributed by atoms with van der Waals surface area (Å²) in [7, 11) is 1.77. The molecule has 5 nitrogen and oxygen atoms in total. The van der Waals surface area contributed by atoms with Crippen molar-refractivity contribution in [1.29, 1.82) is 0 Å². The van der Waals surface area contributed by atoms with Crippen molar-refractivity contribution < 1.29 is 9.59 Å². The smallest absolute Gasteiger partial charge is 0.241 e. The van der Waals surface area contributed by atoms with Crippen molar-refractivity contribution >= 4 is 11.8 Å². The van der Waals surface area contributed by atoms with Gasteiger partial charge in [0.1, 0.15) is 0 Å². The Balaban J connectivity index is 2.42. The molecule has 1 aliphatic heterocycles. The fraction of sp³-hybridized carbons (Fsp3) is 0.636. The molecule has 0 aromatic rings. The topological polar surface area (TPSA) is 52.7 Å². The second kappa shape index (κ2) is 6.27. The maximum absolute atomic E-state index is 11.7. The van der Waals surface area contributed by atoms with E-state index in [0.717, 1.165) is 13.0 Å². The third-order valence-corrected chi connectivity index (χ3v) is 2.59. The van der Waals surface area contributed by atoms with Gasteiger partial charge in [0.05, 0.1) is 13.1 Å². The van der Waals surface area contributed by atoms with Crippen LogP contribution in [0.15, 0.2) is 12.7 Å². The van der Waals surface area contributed by atoms with Gasteiger partial charge in [0.25, 0.3) is 0 Å². The Kier molecular flexibility index (Phi) is 4.98. The van der Waals surface area contributed by atoms with Gasteiger partial charge in [0, 0.05) is 26.7 Å². The van der Waals surface area contributed by atoms with Crippen molar-refractivity contribution in [1.82, 2.24) is 15.1 Å². The van der Waals surface area contributed by atoms with Crippen molar-refractivity contribution in [3.63, 3.8) is 0 Å². The van der Waals surface area contributed by atoms with Crippen LogP contribution in [0.25, 0.3) is 0 Å². The molecule has 0 saturated carbocycles. The normalized spacial score (nSPS) is 17.2. The maximum atomic E-state index is 11.7. The van der Waals surface area contributed by atoms with E-state index in [0.29, 0.717) is 13.1 Å². The molecule has 1 rings (SSSR count). The second-order valence-corrected chi connectivity index (χ2v) is 3.90. The average Bonchev–Trinajstić information content (AvgIpc) is 2.42. The molecule has 0 bridgehead atoms. The minimum absolute atomic E-state index is 0.00886. The van der Waals surface area contributed by atoms with E-state index in [4.69, 9.17) is 0 Å².